The molecule has 0 saturated carbocycles. The van der Waals surface area contributed by atoms with Crippen LogP contribution in [-0.2, 0) is 7.05 Å². The number of carbonyl (C=O) groups excluding carboxylic acids is 1. The van der Waals surface area contributed by atoms with Crippen molar-refractivity contribution in [3.63, 3.8) is 0 Å². The van der Waals surface area contributed by atoms with Gasteiger partial charge >= 0.3 is 0 Å². The summed E-state index contributed by atoms with van der Waals surface area (Å²) in [6.07, 6.45) is 3.84. The number of nitrogens with one attached hydrogen (secondary N) is 1. The molecule has 0 atom stereocenters. The van der Waals surface area contributed by atoms with Crippen LogP contribution in [0.2, 0.25) is 0 Å². The predicted octanol–water partition coefficient (Wildman–Crippen LogP) is 0.637. The molecule has 0 saturated heterocycles. The molecule has 0 aliphatic rings. The Bertz CT molecular complexity index is 452. The second kappa shape index (κ2) is 2.65. The summed E-state index contributed by atoms with van der Waals surface area (Å²) < 4.78 is 3.84. The van der Waals surface area contributed by atoms with E-state index in [9.17, 15) is 4.79 Å². The third-order valence-electron chi connectivity index (χ3n) is 2.13. The van der Waals surface area contributed by atoms with E-state index in [0.29, 0.717) is 5.56 Å². The van der Waals surface area contributed by atoms with Crippen LogP contribution in [0.4, 0.5) is 0 Å². The third-order valence-corrected chi connectivity index (χ3v) is 2.13. The molecule has 0 aromatic carbocycles. The average Bonchev–Trinajstić information content (AvgIpc) is 2.15. The molecule has 13 heavy (non-hydrogen) atoms. The summed E-state index contributed by atoms with van der Waals surface area (Å²) in [5.41, 5.74) is 1.66. The van der Waals surface area contributed by atoms with Crippen molar-refractivity contribution in [3.05, 3.63) is 30.1 Å². The molecule has 0 spiro atoms. The van der Waals surface area contributed by atoms with Crippen LogP contribution in [0.15, 0.2) is 24.5 Å². The first kappa shape index (κ1) is 7.91. The summed E-state index contributed by atoms with van der Waals surface area (Å²) in [6, 6.07) is 3.67. The van der Waals surface area contributed by atoms with Crippen molar-refractivity contribution >= 4 is 11.4 Å². The van der Waals surface area contributed by atoms with Crippen molar-refractivity contribution in [3.8, 4) is 0 Å². The van der Waals surface area contributed by atoms with E-state index >= 15 is 0 Å². The van der Waals surface area contributed by atoms with Gasteiger partial charge in [-0.1, -0.05) is 0 Å². The molecule has 0 aliphatic carbocycles. The lowest BCUT2D eigenvalue weighted by Gasteiger charge is -2.16. The third kappa shape index (κ3) is 1.02. The van der Waals surface area contributed by atoms with Crippen LogP contribution < -0.4 is 5.32 Å². The van der Waals surface area contributed by atoms with Crippen LogP contribution in [0.25, 0.3) is 5.52 Å². The van der Waals surface area contributed by atoms with Gasteiger partial charge in [-0.05, 0) is 12.1 Å². The molecule has 4 heteroatoms. The summed E-state index contributed by atoms with van der Waals surface area (Å²) in [5.74, 6) is -0.0475. The number of carbonyl (C=O) groups is 1. The van der Waals surface area contributed by atoms with Gasteiger partial charge in [0.15, 0.2) is 0 Å². The molecule has 4 nitrogen and oxygen atoms in total. The second-order valence-electron chi connectivity index (χ2n) is 2.93. The fraction of sp³-hybridized carbons (Fsp3) is 0.222. The van der Waals surface area contributed by atoms with Crippen molar-refractivity contribution in [2.45, 2.75) is 0 Å². The maximum Gasteiger partial charge on any atom is 0.253 e. The highest BCUT2D eigenvalue weighted by atomic mass is 16.1. The van der Waals surface area contributed by atoms with Gasteiger partial charge in [0, 0.05) is 26.5 Å². The molecular formula is C9H11N3O. The Morgan fingerprint density at radius 2 is 2.31 bits per heavy atom. The molecule has 68 valence electrons. The molecule has 0 fully saturated rings. The normalized spacial score (nSPS) is 10.6. The second-order valence-corrected chi connectivity index (χ2v) is 2.93. The number of hydrogen-bond donors (Lipinski definition) is 1. The van der Waals surface area contributed by atoms with Crippen LogP contribution in [0.3, 0.4) is 0 Å². The number of hydrogen-bond acceptors (Lipinski definition) is 1. The smallest absolute Gasteiger partial charge is 0.253 e. The van der Waals surface area contributed by atoms with E-state index in [-0.39, 0.29) is 5.91 Å². The summed E-state index contributed by atoms with van der Waals surface area (Å²) >= 11 is 0. The molecule has 0 radical (unpaired) electrons. The quantitative estimate of drug-likeness (QED) is 0.682. The monoisotopic (exact) mass is 177 g/mol. The molecule has 0 bridgehead atoms. The number of fused-ring (bicyclic) bond motifs is 1. The summed E-state index contributed by atoms with van der Waals surface area (Å²) in [4.78, 5) is 11.4. The van der Waals surface area contributed by atoms with E-state index in [4.69, 9.17) is 0 Å². The summed E-state index contributed by atoms with van der Waals surface area (Å²) in [7, 11) is 3.56. The number of aromatic nitrogens is 2. The fourth-order valence-corrected chi connectivity index (χ4v) is 1.42. The molecule has 0 aliphatic heterocycles. The van der Waals surface area contributed by atoms with Crippen molar-refractivity contribution in [1.29, 1.82) is 0 Å². The lowest BCUT2D eigenvalue weighted by atomic mass is 10.2. The zero-order chi connectivity index (χ0) is 9.42. The van der Waals surface area contributed by atoms with Gasteiger partial charge in [0.1, 0.15) is 0 Å². The molecule has 2 rings (SSSR count). The van der Waals surface area contributed by atoms with Crippen LogP contribution in [0.1, 0.15) is 10.4 Å². The molecule has 1 N–H and O–H groups in total. The summed E-state index contributed by atoms with van der Waals surface area (Å²) in [6.45, 7) is 0. The van der Waals surface area contributed by atoms with Gasteiger partial charge in [-0.15, -0.1) is 0 Å². The van der Waals surface area contributed by atoms with Crippen LogP contribution >= 0.6 is 0 Å². The summed E-state index contributed by atoms with van der Waals surface area (Å²) in [5, 5.41) is 2.61. The van der Waals surface area contributed by atoms with E-state index < -0.39 is 0 Å². The maximum atomic E-state index is 11.4. The van der Waals surface area contributed by atoms with Crippen molar-refractivity contribution in [1.82, 2.24) is 14.5 Å². The number of nitrogens with zero attached hydrogens (tertiary/aromatic N) is 2. The topological polar surface area (TPSA) is 38.4 Å². The van der Waals surface area contributed by atoms with Gasteiger partial charge in [0.2, 0.25) is 0 Å². The van der Waals surface area contributed by atoms with Gasteiger partial charge in [-0.25, -0.2) is 0 Å². The van der Waals surface area contributed by atoms with E-state index in [1.807, 2.05) is 40.8 Å². The molecule has 2 heterocycles. The highest BCUT2D eigenvalue weighted by molar-refractivity contribution is 6.00. The minimum atomic E-state index is -0.0475. The largest absolute Gasteiger partial charge is 0.355 e. The van der Waals surface area contributed by atoms with Gasteiger partial charge in [-0.3, -0.25) is 14.0 Å². The number of rotatable bonds is 1. The van der Waals surface area contributed by atoms with Gasteiger partial charge in [-0.2, -0.15) is 0 Å². The van der Waals surface area contributed by atoms with E-state index in [2.05, 4.69) is 5.32 Å². The minimum absolute atomic E-state index is 0.0475. The Kier molecular flexibility index (Phi) is 1.62. The molecular weight excluding hydrogens is 166 g/mol. The molecule has 1 amide bonds. The van der Waals surface area contributed by atoms with Gasteiger partial charge in [0.05, 0.1) is 11.1 Å². The molecule has 2 aromatic heterocycles. The van der Waals surface area contributed by atoms with Crippen molar-refractivity contribution in [2.75, 3.05) is 7.05 Å². The Morgan fingerprint density at radius 3 is 2.92 bits per heavy atom. The van der Waals surface area contributed by atoms with Crippen LogP contribution in [0.5, 0.6) is 0 Å². The lowest BCUT2D eigenvalue weighted by molar-refractivity contribution is 0.0964. The SMILES string of the molecule is CNC(=O)c1cccn2c1cn2C. The first-order valence-electron chi connectivity index (χ1n) is 4.09. The molecule has 0 unspecified atom stereocenters. The van der Waals surface area contributed by atoms with Crippen LogP contribution in [0, 0.1) is 0 Å². The first-order chi connectivity index (χ1) is 6.24. The zero-order valence-electron chi connectivity index (χ0n) is 7.61. The van der Waals surface area contributed by atoms with Gasteiger partial charge < -0.3 is 5.32 Å². The predicted molar refractivity (Wildman–Crippen MR) is 49.8 cm³/mol. The average molecular weight is 177 g/mol. The number of amides is 1. The molecule has 2 aromatic rings. The number of pyridine rings is 1. The van der Waals surface area contributed by atoms with Crippen molar-refractivity contribution < 1.29 is 4.79 Å². The Balaban J connectivity index is 2.58. The number of aryl methyl sites for hydroxylation is 1. The standard InChI is InChI=1S/C9H11N3O/c1-10-9(13)7-4-3-5-12-8(7)6-11(12)2/h3-6H,1-2H3,(H,10,13). The van der Waals surface area contributed by atoms with E-state index in [1.165, 1.54) is 0 Å². The highest BCUT2D eigenvalue weighted by Crippen LogP contribution is 2.12. The zero-order valence-corrected chi connectivity index (χ0v) is 7.61. The Hall–Kier alpha value is -1.71. The lowest BCUT2D eigenvalue weighted by Crippen LogP contribution is -2.22. The highest BCUT2D eigenvalue weighted by Gasteiger charge is 2.10. The Labute approximate surface area is 75.7 Å². The Morgan fingerprint density at radius 1 is 1.54 bits per heavy atom. The van der Waals surface area contributed by atoms with E-state index in [0.717, 1.165) is 5.52 Å². The van der Waals surface area contributed by atoms with Crippen molar-refractivity contribution in [2.24, 2.45) is 7.05 Å². The van der Waals surface area contributed by atoms with Crippen LogP contribution in [-0.4, -0.2) is 22.2 Å². The van der Waals surface area contributed by atoms with Gasteiger partial charge in [0.25, 0.3) is 5.91 Å². The minimum Gasteiger partial charge on any atom is -0.355 e. The first-order valence-corrected chi connectivity index (χ1v) is 4.09. The maximum absolute atomic E-state index is 11.4. The van der Waals surface area contributed by atoms with E-state index in [1.54, 1.807) is 7.05 Å². The fourth-order valence-electron chi connectivity index (χ4n) is 1.42.